The molecule has 4 saturated heterocycles. The molecule has 0 unspecified atom stereocenters. The number of fused-ring (bicyclic) bond motifs is 2. The first kappa shape index (κ1) is 18.3. The number of esters is 1. The van der Waals surface area contributed by atoms with Crippen molar-refractivity contribution in [3.8, 4) is 0 Å². The van der Waals surface area contributed by atoms with Gasteiger partial charge in [0, 0.05) is 25.0 Å². The maximum Gasteiger partial charge on any atom is 0.317 e. The minimum Gasteiger partial charge on any atom is -0.466 e. The average Bonchev–Trinajstić information content (AvgIpc) is 3.13. The van der Waals surface area contributed by atoms with Gasteiger partial charge in [0.15, 0.2) is 0 Å². The number of benzene rings is 1. The molecule has 4 fully saturated rings. The fourth-order valence-corrected chi connectivity index (χ4v) is 5.25. The normalized spacial score (nSPS) is 31.4. The molecule has 0 radical (unpaired) electrons. The summed E-state index contributed by atoms with van der Waals surface area (Å²) in [5.74, 6) is 0.682. The number of hydrogen-bond donors (Lipinski definition) is 1. The monoisotopic (exact) mass is 371 g/mol. The molecule has 1 N–H and O–H groups in total. The van der Waals surface area contributed by atoms with Crippen molar-refractivity contribution >= 4 is 12.0 Å². The number of carbonyl (C=O) groups is 2. The fraction of sp³-hybridized carbons (Fsp3) is 0.619. The van der Waals surface area contributed by atoms with Gasteiger partial charge in [0.1, 0.15) is 0 Å². The standard InChI is InChI=1S/C21H29N3O3/c1-2-27-18(25)8-11-22-21(26)24-14-17(15-6-4-3-5-7-15)20-19(24)16-9-12-23(20)13-10-16/h3-7,16-17,19-20H,2,8-14H2,1H3,(H,22,26)/t17-,19+,20+/m0/s1. The zero-order chi connectivity index (χ0) is 18.8. The maximum atomic E-state index is 12.9. The Labute approximate surface area is 160 Å². The minimum absolute atomic E-state index is 0.0403. The van der Waals surface area contributed by atoms with Gasteiger partial charge in [-0.2, -0.15) is 0 Å². The highest BCUT2D eigenvalue weighted by Crippen LogP contribution is 2.46. The molecule has 4 aliphatic heterocycles. The van der Waals surface area contributed by atoms with Gasteiger partial charge in [0.25, 0.3) is 0 Å². The van der Waals surface area contributed by atoms with E-state index < -0.39 is 0 Å². The molecule has 0 saturated carbocycles. The van der Waals surface area contributed by atoms with E-state index in [1.807, 2.05) is 11.0 Å². The van der Waals surface area contributed by atoms with E-state index in [1.165, 1.54) is 18.4 Å². The summed E-state index contributed by atoms with van der Waals surface area (Å²) in [6, 6.07) is 11.2. The average molecular weight is 371 g/mol. The molecule has 1 aromatic rings. The second-order valence-electron chi connectivity index (χ2n) is 7.81. The van der Waals surface area contributed by atoms with Crippen LogP contribution in [0.25, 0.3) is 0 Å². The van der Waals surface area contributed by atoms with Crippen LogP contribution in [0.2, 0.25) is 0 Å². The topological polar surface area (TPSA) is 61.9 Å². The lowest BCUT2D eigenvalue weighted by Gasteiger charge is -2.51. The third kappa shape index (κ3) is 3.55. The molecule has 4 heterocycles. The first-order valence-corrected chi connectivity index (χ1v) is 10.2. The number of ether oxygens (including phenoxy) is 1. The molecule has 2 amide bonds. The number of nitrogens with zero attached hydrogens (tertiary/aromatic N) is 2. The molecular formula is C21H29N3O3. The Morgan fingerprint density at radius 1 is 1.15 bits per heavy atom. The predicted molar refractivity (Wildman–Crippen MR) is 102 cm³/mol. The van der Waals surface area contributed by atoms with E-state index in [-0.39, 0.29) is 24.5 Å². The third-order valence-corrected chi connectivity index (χ3v) is 6.39. The van der Waals surface area contributed by atoms with Crippen LogP contribution < -0.4 is 5.32 Å². The van der Waals surface area contributed by atoms with E-state index >= 15 is 0 Å². The summed E-state index contributed by atoms with van der Waals surface area (Å²) >= 11 is 0. The number of rotatable bonds is 5. The molecular weight excluding hydrogens is 342 g/mol. The zero-order valence-corrected chi connectivity index (χ0v) is 16.0. The van der Waals surface area contributed by atoms with Gasteiger partial charge in [0.2, 0.25) is 0 Å². The first-order chi connectivity index (χ1) is 13.2. The van der Waals surface area contributed by atoms with Crippen molar-refractivity contribution in [1.82, 2.24) is 15.1 Å². The van der Waals surface area contributed by atoms with Gasteiger partial charge in [-0.15, -0.1) is 0 Å². The number of likely N-dealkylation sites (tertiary alicyclic amines) is 1. The smallest absolute Gasteiger partial charge is 0.317 e. The Kier molecular flexibility index (Phi) is 5.34. The summed E-state index contributed by atoms with van der Waals surface area (Å²) in [6.45, 7) is 5.53. The quantitative estimate of drug-likeness (QED) is 0.806. The van der Waals surface area contributed by atoms with Crippen LogP contribution in [-0.2, 0) is 9.53 Å². The fourth-order valence-electron chi connectivity index (χ4n) is 5.25. The molecule has 6 nitrogen and oxygen atoms in total. The van der Waals surface area contributed by atoms with Gasteiger partial charge in [-0.05, 0) is 44.3 Å². The first-order valence-electron chi connectivity index (χ1n) is 10.2. The van der Waals surface area contributed by atoms with Crippen molar-refractivity contribution in [2.24, 2.45) is 5.92 Å². The highest BCUT2D eigenvalue weighted by Gasteiger charge is 2.54. The van der Waals surface area contributed by atoms with Crippen LogP contribution in [0.15, 0.2) is 30.3 Å². The minimum atomic E-state index is -0.262. The van der Waals surface area contributed by atoms with Crippen LogP contribution in [-0.4, -0.2) is 66.7 Å². The van der Waals surface area contributed by atoms with Crippen molar-refractivity contribution in [2.75, 3.05) is 32.8 Å². The molecule has 146 valence electrons. The molecule has 3 atom stereocenters. The summed E-state index contributed by atoms with van der Waals surface area (Å²) in [4.78, 5) is 29.1. The number of piperidine rings is 3. The Bertz CT molecular complexity index is 673. The van der Waals surface area contributed by atoms with E-state index in [0.29, 0.717) is 31.0 Å². The van der Waals surface area contributed by atoms with Gasteiger partial charge >= 0.3 is 12.0 Å². The van der Waals surface area contributed by atoms with Crippen molar-refractivity contribution in [3.05, 3.63) is 35.9 Å². The Hall–Kier alpha value is -2.08. The lowest BCUT2D eigenvalue weighted by molar-refractivity contribution is -0.142. The highest BCUT2D eigenvalue weighted by molar-refractivity contribution is 5.76. The van der Waals surface area contributed by atoms with Crippen LogP contribution in [0.3, 0.4) is 0 Å². The van der Waals surface area contributed by atoms with Gasteiger partial charge in [-0.3, -0.25) is 9.69 Å². The van der Waals surface area contributed by atoms with Gasteiger partial charge in [0.05, 0.1) is 19.1 Å². The number of urea groups is 1. The van der Waals surface area contributed by atoms with Gasteiger partial charge < -0.3 is 15.0 Å². The molecule has 5 rings (SSSR count). The summed E-state index contributed by atoms with van der Waals surface area (Å²) < 4.78 is 4.94. The second-order valence-corrected chi connectivity index (χ2v) is 7.81. The van der Waals surface area contributed by atoms with E-state index in [0.717, 1.165) is 19.6 Å². The van der Waals surface area contributed by atoms with Crippen molar-refractivity contribution in [2.45, 2.75) is 44.2 Å². The Balaban J connectivity index is 1.47. The molecule has 4 aliphatic rings. The number of hydrogen-bond acceptors (Lipinski definition) is 4. The molecule has 0 spiro atoms. The van der Waals surface area contributed by atoms with Gasteiger partial charge in [-0.25, -0.2) is 4.79 Å². The van der Waals surface area contributed by atoms with Crippen LogP contribution in [0.1, 0.15) is 37.7 Å². The molecule has 0 aliphatic carbocycles. The van der Waals surface area contributed by atoms with Crippen LogP contribution in [0.4, 0.5) is 4.79 Å². The van der Waals surface area contributed by atoms with E-state index in [9.17, 15) is 9.59 Å². The maximum absolute atomic E-state index is 12.9. The van der Waals surface area contributed by atoms with E-state index in [2.05, 4.69) is 34.5 Å². The highest BCUT2D eigenvalue weighted by atomic mass is 16.5. The Morgan fingerprint density at radius 3 is 2.59 bits per heavy atom. The van der Waals surface area contributed by atoms with E-state index in [1.54, 1.807) is 6.92 Å². The van der Waals surface area contributed by atoms with Crippen molar-refractivity contribution in [3.63, 3.8) is 0 Å². The summed E-state index contributed by atoms with van der Waals surface area (Å²) in [6.07, 6.45) is 2.57. The lowest BCUT2D eigenvalue weighted by Crippen LogP contribution is -2.61. The van der Waals surface area contributed by atoms with Crippen LogP contribution in [0, 0.1) is 5.92 Å². The van der Waals surface area contributed by atoms with Crippen molar-refractivity contribution in [1.29, 1.82) is 0 Å². The largest absolute Gasteiger partial charge is 0.466 e. The van der Waals surface area contributed by atoms with E-state index in [4.69, 9.17) is 4.74 Å². The molecule has 27 heavy (non-hydrogen) atoms. The van der Waals surface area contributed by atoms with Gasteiger partial charge in [-0.1, -0.05) is 30.3 Å². The molecule has 6 heteroatoms. The second kappa shape index (κ2) is 7.89. The van der Waals surface area contributed by atoms with Crippen LogP contribution >= 0.6 is 0 Å². The predicted octanol–water partition coefficient (Wildman–Crippen LogP) is 2.21. The zero-order valence-electron chi connectivity index (χ0n) is 16.0. The summed E-state index contributed by atoms with van der Waals surface area (Å²) in [5.41, 5.74) is 1.32. The number of carbonyl (C=O) groups excluding carboxylic acids is 2. The van der Waals surface area contributed by atoms with Crippen molar-refractivity contribution < 1.29 is 14.3 Å². The molecule has 1 aromatic carbocycles. The molecule has 2 bridgehead atoms. The summed E-state index contributed by atoms with van der Waals surface area (Å²) in [5, 5.41) is 2.95. The van der Waals surface area contributed by atoms with Crippen LogP contribution in [0.5, 0.6) is 0 Å². The summed E-state index contributed by atoms with van der Waals surface area (Å²) in [7, 11) is 0. The SMILES string of the molecule is CCOC(=O)CCNC(=O)N1C[C@@H](c2ccccc2)[C@@H]2[C@H]1C1CCN2CC1. The number of nitrogens with one attached hydrogen (secondary N) is 1. The Morgan fingerprint density at radius 2 is 1.89 bits per heavy atom. The third-order valence-electron chi connectivity index (χ3n) is 6.39. The number of amides is 2. The lowest BCUT2D eigenvalue weighted by atomic mass is 9.75. The molecule has 0 aromatic heterocycles.